The predicted octanol–water partition coefficient (Wildman–Crippen LogP) is 5.53. The Kier molecular flexibility index (Phi) is 6.80. The van der Waals surface area contributed by atoms with Crippen LogP contribution in [-0.2, 0) is 19.6 Å². The summed E-state index contributed by atoms with van der Waals surface area (Å²) >= 11 is 6.02. The van der Waals surface area contributed by atoms with Gasteiger partial charge in [0.2, 0.25) is 0 Å². The molecule has 0 saturated heterocycles. The SMILES string of the molecule is Fc1ccc(CCNCc2cccc(OCc3c(F)cccc3Cl)c2)cc1. The van der Waals surface area contributed by atoms with Gasteiger partial charge in [-0.15, -0.1) is 0 Å². The fourth-order valence-corrected chi connectivity index (χ4v) is 2.91. The average Bonchev–Trinajstić information content (AvgIpc) is 2.67. The molecule has 0 heterocycles. The summed E-state index contributed by atoms with van der Waals surface area (Å²) in [7, 11) is 0. The zero-order chi connectivity index (χ0) is 19.1. The number of ether oxygens (including phenoxy) is 1. The van der Waals surface area contributed by atoms with E-state index in [0.717, 1.165) is 24.1 Å². The van der Waals surface area contributed by atoms with Gasteiger partial charge in [0.25, 0.3) is 0 Å². The van der Waals surface area contributed by atoms with Crippen LogP contribution in [0.25, 0.3) is 0 Å². The summed E-state index contributed by atoms with van der Waals surface area (Å²) < 4.78 is 32.4. The van der Waals surface area contributed by atoms with Crippen LogP contribution >= 0.6 is 11.6 Å². The zero-order valence-electron chi connectivity index (χ0n) is 14.7. The van der Waals surface area contributed by atoms with Crippen molar-refractivity contribution in [2.45, 2.75) is 19.6 Å². The van der Waals surface area contributed by atoms with Gasteiger partial charge in [0, 0.05) is 12.1 Å². The standard InChI is InChI=1S/C22H20ClF2NO/c23-21-5-2-6-22(25)20(21)15-27-19-4-1-3-17(13-19)14-26-12-11-16-7-9-18(24)10-8-16/h1-10,13,26H,11-12,14-15H2. The Morgan fingerprint density at radius 2 is 1.67 bits per heavy atom. The summed E-state index contributed by atoms with van der Waals surface area (Å²) in [5, 5.41) is 3.71. The van der Waals surface area contributed by atoms with Gasteiger partial charge < -0.3 is 10.1 Å². The zero-order valence-corrected chi connectivity index (χ0v) is 15.5. The molecule has 0 aliphatic heterocycles. The van der Waals surface area contributed by atoms with Gasteiger partial charge >= 0.3 is 0 Å². The van der Waals surface area contributed by atoms with Crippen LogP contribution in [0, 0.1) is 11.6 Å². The monoisotopic (exact) mass is 387 g/mol. The maximum Gasteiger partial charge on any atom is 0.131 e. The summed E-state index contributed by atoms with van der Waals surface area (Å²) in [6.45, 7) is 1.54. The molecule has 2 nitrogen and oxygen atoms in total. The Morgan fingerprint density at radius 3 is 2.44 bits per heavy atom. The van der Waals surface area contributed by atoms with Crippen LogP contribution in [-0.4, -0.2) is 6.54 Å². The summed E-state index contributed by atoms with van der Waals surface area (Å²) in [4.78, 5) is 0. The van der Waals surface area contributed by atoms with Crippen LogP contribution in [0.1, 0.15) is 16.7 Å². The summed E-state index contributed by atoms with van der Waals surface area (Å²) in [5.74, 6) is 0.0634. The first-order valence-corrected chi connectivity index (χ1v) is 9.09. The minimum absolute atomic E-state index is 0.0763. The van der Waals surface area contributed by atoms with Gasteiger partial charge in [-0.2, -0.15) is 0 Å². The normalized spacial score (nSPS) is 10.8. The van der Waals surface area contributed by atoms with E-state index in [4.69, 9.17) is 16.3 Å². The molecule has 27 heavy (non-hydrogen) atoms. The van der Waals surface area contributed by atoms with Crippen molar-refractivity contribution in [3.8, 4) is 5.75 Å². The highest BCUT2D eigenvalue weighted by atomic mass is 35.5. The van der Waals surface area contributed by atoms with Crippen LogP contribution in [0.3, 0.4) is 0 Å². The van der Waals surface area contributed by atoms with E-state index in [2.05, 4.69) is 5.32 Å². The van der Waals surface area contributed by atoms with Crippen LogP contribution in [0.2, 0.25) is 5.02 Å². The van der Waals surface area contributed by atoms with Gasteiger partial charge in [0.1, 0.15) is 24.0 Å². The van der Waals surface area contributed by atoms with Crippen molar-refractivity contribution >= 4 is 11.6 Å². The first-order valence-electron chi connectivity index (χ1n) is 8.71. The smallest absolute Gasteiger partial charge is 0.131 e. The Balaban J connectivity index is 1.49. The molecule has 0 bridgehead atoms. The maximum absolute atomic E-state index is 13.8. The molecule has 3 rings (SSSR count). The summed E-state index contributed by atoms with van der Waals surface area (Å²) in [5.41, 5.74) is 2.50. The number of benzene rings is 3. The molecule has 0 radical (unpaired) electrons. The van der Waals surface area contributed by atoms with Crippen LogP contribution in [0.5, 0.6) is 5.75 Å². The van der Waals surface area contributed by atoms with Gasteiger partial charge in [0.05, 0.1) is 5.02 Å². The lowest BCUT2D eigenvalue weighted by Crippen LogP contribution is -2.16. The fourth-order valence-electron chi connectivity index (χ4n) is 2.69. The van der Waals surface area contributed by atoms with Gasteiger partial charge in [-0.3, -0.25) is 0 Å². The number of nitrogens with one attached hydrogen (secondary N) is 1. The molecule has 0 fully saturated rings. The van der Waals surface area contributed by atoms with Crippen LogP contribution in [0.15, 0.2) is 66.7 Å². The molecule has 0 unspecified atom stereocenters. The first kappa shape index (κ1) is 19.3. The number of hydrogen-bond donors (Lipinski definition) is 1. The van der Waals surface area contributed by atoms with Gasteiger partial charge in [-0.1, -0.05) is 41.9 Å². The van der Waals surface area contributed by atoms with Gasteiger partial charge in [-0.05, 0) is 60.5 Å². The van der Waals surface area contributed by atoms with E-state index in [1.165, 1.54) is 18.2 Å². The first-order chi connectivity index (χ1) is 13.1. The third-order valence-electron chi connectivity index (χ3n) is 4.18. The van der Waals surface area contributed by atoms with E-state index >= 15 is 0 Å². The lowest BCUT2D eigenvalue weighted by Gasteiger charge is -2.11. The highest BCUT2D eigenvalue weighted by molar-refractivity contribution is 6.31. The summed E-state index contributed by atoms with van der Waals surface area (Å²) in [6, 6.07) is 18.7. The Labute approximate surface area is 162 Å². The van der Waals surface area contributed by atoms with Crippen molar-refractivity contribution in [2.75, 3.05) is 6.54 Å². The van der Waals surface area contributed by atoms with E-state index in [1.807, 2.05) is 24.3 Å². The minimum Gasteiger partial charge on any atom is -0.489 e. The van der Waals surface area contributed by atoms with Crippen molar-refractivity contribution in [1.29, 1.82) is 0 Å². The topological polar surface area (TPSA) is 21.3 Å². The van der Waals surface area contributed by atoms with Crippen LogP contribution < -0.4 is 10.1 Å². The molecular weight excluding hydrogens is 368 g/mol. The lowest BCUT2D eigenvalue weighted by atomic mass is 10.1. The molecule has 140 valence electrons. The highest BCUT2D eigenvalue weighted by Gasteiger charge is 2.08. The lowest BCUT2D eigenvalue weighted by molar-refractivity contribution is 0.299. The molecule has 0 aliphatic rings. The molecule has 1 N–H and O–H groups in total. The van der Waals surface area contributed by atoms with E-state index in [0.29, 0.717) is 22.9 Å². The quantitative estimate of drug-likeness (QED) is 0.513. The van der Waals surface area contributed by atoms with E-state index in [1.54, 1.807) is 24.3 Å². The van der Waals surface area contributed by atoms with Crippen molar-refractivity contribution in [3.05, 3.63) is 100 Å². The maximum atomic E-state index is 13.8. The molecule has 0 spiro atoms. The Hall–Kier alpha value is -2.43. The molecule has 0 aliphatic carbocycles. The Morgan fingerprint density at radius 1 is 0.889 bits per heavy atom. The molecule has 0 saturated carbocycles. The fraction of sp³-hybridized carbons (Fsp3) is 0.182. The van der Waals surface area contributed by atoms with Crippen molar-refractivity contribution in [2.24, 2.45) is 0 Å². The Bertz CT molecular complexity index is 863. The summed E-state index contributed by atoms with van der Waals surface area (Å²) in [6.07, 6.45) is 0.822. The molecule has 3 aromatic rings. The second kappa shape index (κ2) is 9.49. The average molecular weight is 388 g/mol. The minimum atomic E-state index is -0.374. The van der Waals surface area contributed by atoms with E-state index < -0.39 is 0 Å². The predicted molar refractivity (Wildman–Crippen MR) is 104 cm³/mol. The van der Waals surface area contributed by atoms with Crippen molar-refractivity contribution in [3.63, 3.8) is 0 Å². The second-order valence-corrected chi connectivity index (χ2v) is 6.60. The van der Waals surface area contributed by atoms with Crippen molar-refractivity contribution < 1.29 is 13.5 Å². The molecule has 0 aromatic heterocycles. The molecular formula is C22H20ClF2NO. The van der Waals surface area contributed by atoms with Gasteiger partial charge in [-0.25, -0.2) is 8.78 Å². The molecule has 3 aromatic carbocycles. The third-order valence-corrected chi connectivity index (χ3v) is 4.53. The third kappa shape index (κ3) is 5.78. The van der Waals surface area contributed by atoms with Gasteiger partial charge in [0.15, 0.2) is 0 Å². The van der Waals surface area contributed by atoms with Crippen molar-refractivity contribution in [1.82, 2.24) is 5.32 Å². The van der Waals surface area contributed by atoms with Crippen LogP contribution in [0.4, 0.5) is 8.78 Å². The number of hydrogen-bond acceptors (Lipinski definition) is 2. The largest absolute Gasteiger partial charge is 0.489 e. The molecule has 5 heteroatoms. The number of rotatable bonds is 8. The van der Waals surface area contributed by atoms with E-state index in [9.17, 15) is 8.78 Å². The molecule has 0 atom stereocenters. The highest BCUT2D eigenvalue weighted by Crippen LogP contribution is 2.22. The number of halogens is 3. The second-order valence-electron chi connectivity index (χ2n) is 6.19. The molecule has 0 amide bonds. The van der Waals surface area contributed by atoms with E-state index in [-0.39, 0.29) is 18.2 Å².